The Morgan fingerprint density at radius 2 is 1.74 bits per heavy atom. The number of amides is 1. The zero-order chi connectivity index (χ0) is 14.5. The van der Waals surface area contributed by atoms with Gasteiger partial charge in [0.2, 0.25) is 5.91 Å². The molecule has 0 fully saturated rings. The van der Waals surface area contributed by atoms with Crippen LogP contribution in [-0.2, 0) is 17.8 Å². The summed E-state index contributed by atoms with van der Waals surface area (Å²) in [4.78, 5) is 13.9. The molecule has 0 aliphatic carbocycles. The summed E-state index contributed by atoms with van der Waals surface area (Å²) < 4.78 is 0. The van der Waals surface area contributed by atoms with Crippen LogP contribution in [0.5, 0.6) is 0 Å². The molecular weight excluding hydrogens is 236 g/mol. The monoisotopic (exact) mass is 262 g/mol. The molecule has 3 nitrogen and oxygen atoms in total. The molecule has 0 saturated heterocycles. The van der Waals surface area contributed by atoms with E-state index < -0.39 is 0 Å². The first-order valence-corrected chi connectivity index (χ1v) is 6.90. The molecule has 0 atom stereocenters. The molecule has 0 spiro atoms. The van der Waals surface area contributed by atoms with E-state index in [-0.39, 0.29) is 11.3 Å². The van der Waals surface area contributed by atoms with Crippen molar-refractivity contribution in [2.45, 2.75) is 40.2 Å². The SMILES string of the molecule is CCc1ccc(CN(C)C(=O)CC(C)(C)CN)cc1. The van der Waals surface area contributed by atoms with Crippen molar-refractivity contribution in [3.05, 3.63) is 35.4 Å². The smallest absolute Gasteiger partial charge is 0.223 e. The van der Waals surface area contributed by atoms with Crippen LogP contribution in [-0.4, -0.2) is 24.4 Å². The molecule has 0 aliphatic heterocycles. The summed E-state index contributed by atoms with van der Waals surface area (Å²) >= 11 is 0. The van der Waals surface area contributed by atoms with E-state index in [9.17, 15) is 4.79 Å². The molecule has 19 heavy (non-hydrogen) atoms. The average Bonchev–Trinajstić information content (AvgIpc) is 2.39. The second kappa shape index (κ2) is 6.71. The highest BCUT2D eigenvalue weighted by molar-refractivity contribution is 5.76. The third kappa shape index (κ3) is 5.03. The Morgan fingerprint density at radius 1 is 1.21 bits per heavy atom. The highest BCUT2D eigenvalue weighted by Crippen LogP contribution is 2.19. The Morgan fingerprint density at radius 3 is 2.21 bits per heavy atom. The Balaban J connectivity index is 2.58. The van der Waals surface area contributed by atoms with Gasteiger partial charge in [0.05, 0.1) is 0 Å². The van der Waals surface area contributed by atoms with Gasteiger partial charge >= 0.3 is 0 Å². The van der Waals surface area contributed by atoms with E-state index in [2.05, 4.69) is 31.2 Å². The molecule has 0 saturated carbocycles. The van der Waals surface area contributed by atoms with Crippen LogP contribution in [0.25, 0.3) is 0 Å². The average molecular weight is 262 g/mol. The fourth-order valence-electron chi connectivity index (χ4n) is 1.86. The summed E-state index contributed by atoms with van der Waals surface area (Å²) in [5.41, 5.74) is 8.03. The zero-order valence-corrected chi connectivity index (χ0v) is 12.6. The molecule has 0 aliphatic rings. The predicted molar refractivity (Wildman–Crippen MR) is 79.7 cm³/mol. The Kier molecular flexibility index (Phi) is 5.55. The maximum Gasteiger partial charge on any atom is 0.223 e. The van der Waals surface area contributed by atoms with Crippen LogP contribution in [0.2, 0.25) is 0 Å². The number of aryl methyl sites for hydroxylation is 1. The second-order valence-electron chi connectivity index (χ2n) is 5.96. The largest absolute Gasteiger partial charge is 0.341 e. The van der Waals surface area contributed by atoms with Gasteiger partial charge < -0.3 is 10.6 Å². The van der Waals surface area contributed by atoms with E-state index in [0.29, 0.717) is 19.5 Å². The maximum absolute atomic E-state index is 12.1. The number of carbonyl (C=O) groups excluding carboxylic acids is 1. The van der Waals surface area contributed by atoms with Gasteiger partial charge in [0.15, 0.2) is 0 Å². The van der Waals surface area contributed by atoms with Gasteiger partial charge in [-0.3, -0.25) is 4.79 Å². The topological polar surface area (TPSA) is 46.3 Å². The van der Waals surface area contributed by atoms with E-state index in [1.165, 1.54) is 11.1 Å². The number of nitrogens with two attached hydrogens (primary N) is 1. The van der Waals surface area contributed by atoms with Gasteiger partial charge in [-0.05, 0) is 29.5 Å². The van der Waals surface area contributed by atoms with Crippen LogP contribution in [0.1, 0.15) is 38.3 Å². The fourth-order valence-corrected chi connectivity index (χ4v) is 1.86. The lowest BCUT2D eigenvalue weighted by atomic mass is 9.89. The van der Waals surface area contributed by atoms with E-state index in [1.807, 2.05) is 20.9 Å². The highest BCUT2D eigenvalue weighted by Gasteiger charge is 2.22. The highest BCUT2D eigenvalue weighted by atomic mass is 16.2. The van der Waals surface area contributed by atoms with Crippen molar-refractivity contribution >= 4 is 5.91 Å². The predicted octanol–water partition coefficient (Wildman–Crippen LogP) is 2.58. The molecule has 106 valence electrons. The van der Waals surface area contributed by atoms with Crippen molar-refractivity contribution in [3.8, 4) is 0 Å². The normalized spacial score (nSPS) is 11.4. The zero-order valence-electron chi connectivity index (χ0n) is 12.6. The molecule has 2 N–H and O–H groups in total. The van der Waals surface area contributed by atoms with E-state index >= 15 is 0 Å². The van der Waals surface area contributed by atoms with Gasteiger partial charge in [0.1, 0.15) is 0 Å². The molecule has 0 unspecified atom stereocenters. The van der Waals surface area contributed by atoms with Gasteiger partial charge in [-0.15, -0.1) is 0 Å². The molecule has 0 bridgehead atoms. The summed E-state index contributed by atoms with van der Waals surface area (Å²) in [5, 5.41) is 0. The van der Waals surface area contributed by atoms with Gasteiger partial charge in [0, 0.05) is 20.0 Å². The number of carbonyl (C=O) groups is 1. The van der Waals surface area contributed by atoms with Crippen LogP contribution < -0.4 is 5.73 Å². The molecular formula is C16H26N2O. The summed E-state index contributed by atoms with van der Waals surface area (Å²) in [7, 11) is 1.85. The minimum atomic E-state index is -0.128. The van der Waals surface area contributed by atoms with Crippen LogP contribution in [0.3, 0.4) is 0 Å². The first-order chi connectivity index (χ1) is 8.88. The molecule has 0 radical (unpaired) electrons. The van der Waals surface area contributed by atoms with Crippen molar-refractivity contribution in [1.82, 2.24) is 4.90 Å². The number of rotatable bonds is 6. The first-order valence-electron chi connectivity index (χ1n) is 6.90. The molecule has 1 rings (SSSR count). The van der Waals surface area contributed by atoms with Gasteiger partial charge in [-0.25, -0.2) is 0 Å². The van der Waals surface area contributed by atoms with Crippen molar-refractivity contribution in [2.75, 3.05) is 13.6 Å². The number of hydrogen-bond donors (Lipinski definition) is 1. The molecule has 0 heterocycles. The Labute approximate surface area is 116 Å². The molecule has 1 amide bonds. The number of hydrogen-bond acceptors (Lipinski definition) is 2. The third-order valence-electron chi connectivity index (χ3n) is 3.46. The molecule has 1 aromatic rings. The minimum absolute atomic E-state index is 0.128. The quantitative estimate of drug-likeness (QED) is 0.856. The Hall–Kier alpha value is -1.35. The van der Waals surface area contributed by atoms with Crippen molar-refractivity contribution in [3.63, 3.8) is 0 Å². The van der Waals surface area contributed by atoms with Crippen LogP contribution in [0.15, 0.2) is 24.3 Å². The van der Waals surface area contributed by atoms with E-state index in [1.54, 1.807) is 4.90 Å². The van der Waals surface area contributed by atoms with Crippen LogP contribution in [0.4, 0.5) is 0 Å². The fraction of sp³-hybridized carbons (Fsp3) is 0.562. The van der Waals surface area contributed by atoms with E-state index in [0.717, 1.165) is 6.42 Å². The number of nitrogens with zero attached hydrogens (tertiary/aromatic N) is 1. The van der Waals surface area contributed by atoms with Crippen molar-refractivity contribution in [2.24, 2.45) is 11.1 Å². The lowest BCUT2D eigenvalue weighted by Crippen LogP contribution is -2.34. The van der Waals surface area contributed by atoms with Crippen LogP contribution >= 0.6 is 0 Å². The van der Waals surface area contributed by atoms with Gasteiger partial charge in [-0.1, -0.05) is 45.0 Å². The lowest BCUT2D eigenvalue weighted by Gasteiger charge is -2.25. The summed E-state index contributed by atoms with van der Waals surface area (Å²) in [6, 6.07) is 8.43. The maximum atomic E-state index is 12.1. The standard InChI is InChI=1S/C16H26N2O/c1-5-13-6-8-14(9-7-13)11-18(4)15(19)10-16(2,3)12-17/h6-9H,5,10-12,17H2,1-4H3. The molecule has 3 heteroatoms. The number of benzene rings is 1. The van der Waals surface area contributed by atoms with Crippen LogP contribution in [0, 0.1) is 5.41 Å². The third-order valence-corrected chi connectivity index (χ3v) is 3.46. The molecule has 0 aromatic heterocycles. The van der Waals surface area contributed by atoms with Gasteiger partial charge in [0.25, 0.3) is 0 Å². The summed E-state index contributed by atoms with van der Waals surface area (Å²) in [5.74, 6) is 0.148. The van der Waals surface area contributed by atoms with Gasteiger partial charge in [-0.2, -0.15) is 0 Å². The minimum Gasteiger partial charge on any atom is -0.341 e. The summed E-state index contributed by atoms with van der Waals surface area (Å²) in [6.07, 6.45) is 1.53. The molecule has 1 aromatic carbocycles. The van der Waals surface area contributed by atoms with Crippen molar-refractivity contribution < 1.29 is 4.79 Å². The summed E-state index contributed by atoms with van der Waals surface area (Å²) in [6.45, 7) is 7.37. The first kappa shape index (κ1) is 15.7. The van der Waals surface area contributed by atoms with Crippen molar-refractivity contribution in [1.29, 1.82) is 0 Å². The second-order valence-corrected chi connectivity index (χ2v) is 5.96. The Bertz CT molecular complexity index is 409. The van der Waals surface area contributed by atoms with E-state index in [4.69, 9.17) is 5.73 Å². The lowest BCUT2D eigenvalue weighted by molar-refractivity contribution is -0.132.